The number of nitrogens with one attached hydrogen (secondary N) is 1. The van der Waals surface area contributed by atoms with Gasteiger partial charge in [-0.3, -0.25) is 0 Å². The molecule has 1 aromatic heterocycles. The van der Waals surface area contributed by atoms with E-state index in [9.17, 15) is 4.39 Å². The van der Waals surface area contributed by atoms with Gasteiger partial charge in [-0.1, -0.05) is 12.1 Å². The van der Waals surface area contributed by atoms with Gasteiger partial charge < -0.3 is 10.2 Å². The van der Waals surface area contributed by atoms with Gasteiger partial charge in [-0.15, -0.1) is 0 Å². The summed E-state index contributed by atoms with van der Waals surface area (Å²) < 4.78 is 14.6. The number of halogens is 2. The number of para-hydroxylation sites is 1. The highest BCUT2D eigenvalue weighted by atomic mass is 79.9. The minimum absolute atomic E-state index is 0.277. The van der Waals surface area contributed by atoms with Crippen molar-refractivity contribution in [2.24, 2.45) is 0 Å². The van der Waals surface area contributed by atoms with Gasteiger partial charge in [0, 0.05) is 19.8 Å². The van der Waals surface area contributed by atoms with Crippen LogP contribution < -0.4 is 10.2 Å². The molecule has 0 amide bonds. The first-order valence-electron chi connectivity index (χ1n) is 5.89. The van der Waals surface area contributed by atoms with E-state index in [0.29, 0.717) is 24.0 Å². The third-order valence-electron chi connectivity index (χ3n) is 2.66. The minimum Gasteiger partial charge on any atom is -0.357 e. The van der Waals surface area contributed by atoms with Crippen LogP contribution in [-0.4, -0.2) is 23.6 Å². The lowest BCUT2D eigenvalue weighted by molar-refractivity contribution is 0.625. The Bertz CT molecular complexity index is 576. The summed E-state index contributed by atoms with van der Waals surface area (Å²) in [6, 6.07) is 6.63. The third-order valence-corrected chi connectivity index (χ3v) is 3.22. The molecule has 2 rings (SSSR count). The molecule has 1 heterocycles. The summed E-state index contributed by atoms with van der Waals surface area (Å²) in [5.74, 6) is 0.848. The van der Waals surface area contributed by atoms with E-state index in [-0.39, 0.29) is 5.82 Å². The van der Waals surface area contributed by atoms with Crippen LogP contribution in [0.3, 0.4) is 0 Å². The summed E-state index contributed by atoms with van der Waals surface area (Å²) in [4.78, 5) is 10.3. The molecule has 0 saturated heterocycles. The van der Waals surface area contributed by atoms with Gasteiger partial charge in [0.05, 0.1) is 10.2 Å². The van der Waals surface area contributed by atoms with Crippen LogP contribution in [0, 0.1) is 5.82 Å². The van der Waals surface area contributed by atoms with Crippen molar-refractivity contribution >= 4 is 33.4 Å². The molecule has 0 saturated carbocycles. The Hall–Kier alpha value is -1.69. The van der Waals surface area contributed by atoms with Crippen LogP contribution in [0.25, 0.3) is 0 Å². The molecule has 1 aromatic carbocycles. The fourth-order valence-electron chi connectivity index (χ4n) is 1.77. The summed E-state index contributed by atoms with van der Waals surface area (Å²) in [7, 11) is 1.74. The normalized spacial score (nSPS) is 10.3. The smallest absolute Gasteiger partial charge is 0.224 e. The molecule has 4 nitrogen and oxygen atoms in total. The second kappa shape index (κ2) is 5.97. The van der Waals surface area contributed by atoms with Crippen LogP contribution in [0.5, 0.6) is 0 Å². The number of aromatic nitrogens is 2. The molecule has 1 N–H and O–H groups in total. The number of rotatable bonds is 4. The van der Waals surface area contributed by atoms with Crippen LogP contribution >= 0.6 is 15.9 Å². The number of hydrogen-bond acceptors (Lipinski definition) is 4. The lowest BCUT2D eigenvalue weighted by Crippen LogP contribution is -2.20. The molecule has 100 valence electrons. The van der Waals surface area contributed by atoms with Crippen molar-refractivity contribution in [1.82, 2.24) is 9.97 Å². The summed E-state index contributed by atoms with van der Waals surface area (Å²) in [6.07, 6.45) is 1.65. The third kappa shape index (κ3) is 2.84. The van der Waals surface area contributed by atoms with E-state index < -0.39 is 0 Å². The van der Waals surface area contributed by atoms with Gasteiger partial charge in [-0.2, -0.15) is 4.98 Å². The predicted molar refractivity (Wildman–Crippen MR) is 78.4 cm³/mol. The summed E-state index contributed by atoms with van der Waals surface area (Å²) in [6.45, 7) is 2.54. The molecule has 0 bridgehead atoms. The van der Waals surface area contributed by atoms with Gasteiger partial charge in [0.25, 0.3) is 0 Å². The summed E-state index contributed by atoms with van der Waals surface area (Å²) >= 11 is 3.41. The first kappa shape index (κ1) is 13.7. The summed E-state index contributed by atoms with van der Waals surface area (Å²) in [5.41, 5.74) is 0.492. The van der Waals surface area contributed by atoms with Crippen molar-refractivity contribution in [2.45, 2.75) is 6.92 Å². The predicted octanol–water partition coefficient (Wildman–Crippen LogP) is 3.58. The number of nitrogens with zero attached hydrogens (tertiary/aromatic N) is 3. The maximum absolute atomic E-state index is 13.9. The van der Waals surface area contributed by atoms with Gasteiger partial charge in [-0.25, -0.2) is 9.37 Å². The van der Waals surface area contributed by atoms with E-state index in [4.69, 9.17) is 0 Å². The van der Waals surface area contributed by atoms with E-state index in [1.54, 1.807) is 36.3 Å². The van der Waals surface area contributed by atoms with Crippen molar-refractivity contribution in [3.8, 4) is 0 Å². The quantitative estimate of drug-likeness (QED) is 0.933. The van der Waals surface area contributed by atoms with Crippen molar-refractivity contribution in [1.29, 1.82) is 0 Å². The minimum atomic E-state index is -0.277. The number of hydrogen-bond donors (Lipinski definition) is 1. The topological polar surface area (TPSA) is 41.1 Å². The van der Waals surface area contributed by atoms with E-state index in [0.717, 1.165) is 4.47 Å². The van der Waals surface area contributed by atoms with E-state index in [2.05, 4.69) is 31.2 Å². The number of benzene rings is 1. The van der Waals surface area contributed by atoms with E-state index in [1.807, 2.05) is 6.92 Å². The van der Waals surface area contributed by atoms with Crippen molar-refractivity contribution in [2.75, 3.05) is 23.8 Å². The molecular formula is C13H14BrFN4. The molecule has 0 aliphatic rings. The molecule has 0 fully saturated rings. The molecule has 0 aliphatic heterocycles. The maximum atomic E-state index is 13.9. The second-order valence-corrected chi connectivity index (χ2v) is 4.67. The SMILES string of the molecule is CCN(c1ccccc1F)c1nc(NC)ncc1Br. The monoisotopic (exact) mass is 324 g/mol. The highest BCUT2D eigenvalue weighted by Crippen LogP contribution is 2.31. The second-order valence-electron chi connectivity index (χ2n) is 3.81. The van der Waals surface area contributed by atoms with Crippen molar-refractivity contribution in [3.63, 3.8) is 0 Å². The Balaban J connectivity index is 2.51. The Labute approximate surface area is 119 Å². The Morgan fingerprint density at radius 3 is 2.74 bits per heavy atom. The number of anilines is 3. The molecular weight excluding hydrogens is 311 g/mol. The maximum Gasteiger partial charge on any atom is 0.224 e. The Kier molecular flexibility index (Phi) is 4.31. The highest BCUT2D eigenvalue weighted by Gasteiger charge is 2.16. The van der Waals surface area contributed by atoms with Gasteiger partial charge in [-0.05, 0) is 35.0 Å². The zero-order chi connectivity index (χ0) is 13.8. The average molecular weight is 325 g/mol. The zero-order valence-corrected chi connectivity index (χ0v) is 12.3. The molecule has 0 unspecified atom stereocenters. The van der Waals surface area contributed by atoms with Crippen LogP contribution in [0.2, 0.25) is 0 Å². The lowest BCUT2D eigenvalue weighted by Gasteiger charge is -2.23. The Morgan fingerprint density at radius 1 is 1.37 bits per heavy atom. The average Bonchev–Trinajstić information content (AvgIpc) is 2.43. The largest absolute Gasteiger partial charge is 0.357 e. The fourth-order valence-corrected chi connectivity index (χ4v) is 2.18. The summed E-state index contributed by atoms with van der Waals surface area (Å²) in [5, 5.41) is 2.88. The molecule has 6 heteroatoms. The molecule has 19 heavy (non-hydrogen) atoms. The van der Waals surface area contributed by atoms with E-state index >= 15 is 0 Å². The van der Waals surface area contributed by atoms with Gasteiger partial charge >= 0.3 is 0 Å². The van der Waals surface area contributed by atoms with Crippen LogP contribution in [0.15, 0.2) is 34.9 Å². The van der Waals surface area contributed by atoms with Gasteiger partial charge in [0.2, 0.25) is 5.95 Å². The molecule has 0 spiro atoms. The standard InChI is InChI=1S/C13H14BrFN4/c1-3-19(11-7-5-4-6-10(11)15)12-9(14)8-17-13(16-2)18-12/h4-8H,3H2,1-2H3,(H,16,17,18). The molecule has 0 radical (unpaired) electrons. The van der Waals surface area contributed by atoms with Crippen molar-refractivity contribution in [3.05, 3.63) is 40.8 Å². The van der Waals surface area contributed by atoms with E-state index in [1.165, 1.54) is 6.07 Å². The molecule has 2 aromatic rings. The van der Waals surface area contributed by atoms with Crippen molar-refractivity contribution < 1.29 is 4.39 Å². The lowest BCUT2D eigenvalue weighted by atomic mass is 10.2. The first-order chi connectivity index (χ1) is 9.17. The van der Waals surface area contributed by atoms with Gasteiger partial charge in [0.1, 0.15) is 5.82 Å². The first-order valence-corrected chi connectivity index (χ1v) is 6.69. The van der Waals surface area contributed by atoms with Gasteiger partial charge in [0.15, 0.2) is 5.82 Å². The van der Waals surface area contributed by atoms with Crippen LogP contribution in [0.1, 0.15) is 6.92 Å². The van der Waals surface area contributed by atoms with Crippen LogP contribution in [-0.2, 0) is 0 Å². The van der Waals surface area contributed by atoms with Crippen LogP contribution in [0.4, 0.5) is 21.8 Å². The molecule has 0 aliphatic carbocycles. The zero-order valence-electron chi connectivity index (χ0n) is 10.7. The molecule has 0 atom stereocenters. The highest BCUT2D eigenvalue weighted by molar-refractivity contribution is 9.10. The fraction of sp³-hybridized carbons (Fsp3) is 0.231. The Morgan fingerprint density at radius 2 is 2.11 bits per heavy atom.